The van der Waals surface area contributed by atoms with Crippen molar-refractivity contribution in [1.82, 2.24) is 4.90 Å². The fraction of sp³-hybridized carbons (Fsp3) is 0.409. The molecule has 3 rings (SSSR count). The van der Waals surface area contributed by atoms with Crippen molar-refractivity contribution in [2.45, 2.75) is 25.9 Å². The van der Waals surface area contributed by atoms with Gasteiger partial charge in [-0.05, 0) is 44.0 Å². The molecule has 0 N–H and O–H groups in total. The molecule has 2 aromatic rings. The number of ether oxygens (including phenoxy) is 2. The molecule has 2 heterocycles. The number of hydrogen-bond donors (Lipinski definition) is 0. The van der Waals surface area contributed by atoms with Crippen LogP contribution in [0.2, 0.25) is 0 Å². The van der Waals surface area contributed by atoms with Crippen LogP contribution in [0.3, 0.4) is 0 Å². The third kappa shape index (κ3) is 5.68. The molecular weight excluding hydrogens is 431 g/mol. The maximum Gasteiger partial charge on any atom is 0.416 e. The van der Waals surface area contributed by atoms with E-state index in [4.69, 9.17) is 13.9 Å². The van der Waals surface area contributed by atoms with Crippen molar-refractivity contribution < 1.29 is 41.4 Å². The summed E-state index contributed by atoms with van der Waals surface area (Å²) in [5.41, 5.74) is -0.688. The molecule has 1 aromatic heterocycles. The molecule has 1 aliphatic rings. The Labute approximate surface area is 182 Å². The number of hydrogen-bond acceptors (Lipinski definition) is 6. The number of rotatable bonds is 6. The Morgan fingerprint density at radius 1 is 1.09 bits per heavy atom. The Morgan fingerprint density at radius 3 is 2.47 bits per heavy atom. The van der Waals surface area contributed by atoms with E-state index in [0.717, 1.165) is 12.1 Å². The average Bonchev–Trinajstić information content (AvgIpc) is 3.27. The van der Waals surface area contributed by atoms with Crippen LogP contribution in [0.15, 0.2) is 40.8 Å². The monoisotopic (exact) mass is 453 g/mol. The van der Waals surface area contributed by atoms with Crippen LogP contribution in [0.4, 0.5) is 13.2 Å². The Balaban J connectivity index is 1.53. The number of carbonyl (C=O) groups excluding carboxylic acids is 3. The molecule has 0 bridgehead atoms. The molecule has 1 saturated heterocycles. The minimum Gasteiger partial charge on any atom is -0.466 e. The van der Waals surface area contributed by atoms with Crippen molar-refractivity contribution in [1.29, 1.82) is 0 Å². The van der Waals surface area contributed by atoms with Crippen molar-refractivity contribution in [2.75, 3.05) is 26.3 Å². The molecule has 1 amide bonds. The number of alkyl halides is 3. The number of furan rings is 1. The first-order valence-corrected chi connectivity index (χ1v) is 10.1. The first-order chi connectivity index (χ1) is 15.2. The molecule has 0 aliphatic carbocycles. The lowest BCUT2D eigenvalue weighted by molar-refractivity contribution is -0.151. The van der Waals surface area contributed by atoms with Crippen molar-refractivity contribution in [2.24, 2.45) is 5.92 Å². The number of benzene rings is 1. The van der Waals surface area contributed by atoms with E-state index in [-0.39, 0.29) is 29.0 Å². The van der Waals surface area contributed by atoms with Crippen LogP contribution in [0.5, 0.6) is 0 Å². The number of likely N-dealkylation sites (tertiary alicyclic amines) is 1. The van der Waals surface area contributed by atoms with Crippen molar-refractivity contribution in [3.8, 4) is 11.3 Å². The molecule has 0 atom stereocenters. The van der Waals surface area contributed by atoms with Gasteiger partial charge in [0.05, 0.1) is 18.1 Å². The highest BCUT2D eigenvalue weighted by Gasteiger charge is 2.31. The average molecular weight is 453 g/mol. The zero-order valence-electron chi connectivity index (χ0n) is 17.3. The fourth-order valence-electron chi connectivity index (χ4n) is 3.37. The van der Waals surface area contributed by atoms with Crippen LogP contribution >= 0.6 is 0 Å². The van der Waals surface area contributed by atoms with Crippen LogP contribution in [-0.4, -0.2) is 49.0 Å². The first kappa shape index (κ1) is 23.4. The van der Waals surface area contributed by atoms with E-state index < -0.39 is 30.2 Å². The normalized spacial score (nSPS) is 14.8. The van der Waals surface area contributed by atoms with Gasteiger partial charge < -0.3 is 18.8 Å². The van der Waals surface area contributed by atoms with Crippen molar-refractivity contribution in [3.63, 3.8) is 0 Å². The number of nitrogens with zero attached hydrogens (tertiary/aromatic N) is 1. The quantitative estimate of drug-likeness (QED) is 0.617. The van der Waals surface area contributed by atoms with Gasteiger partial charge in [-0.2, -0.15) is 13.2 Å². The lowest BCUT2D eigenvalue weighted by Gasteiger charge is -2.30. The summed E-state index contributed by atoms with van der Waals surface area (Å²) in [4.78, 5) is 37.7. The predicted molar refractivity (Wildman–Crippen MR) is 105 cm³/mol. The third-order valence-electron chi connectivity index (χ3n) is 5.08. The number of amides is 1. The van der Waals surface area contributed by atoms with E-state index >= 15 is 0 Å². The second kappa shape index (κ2) is 9.88. The zero-order valence-corrected chi connectivity index (χ0v) is 17.3. The van der Waals surface area contributed by atoms with Gasteiger partial charge in [0.2, 0.25) is 5.76 Å². The van der Waals surface area contributed by atoms with Gasteiger partial charge in [0.1, 0.15) is 5.76 Å². The van der Waals surface area contributed by atoms with Gasteiger partial charge in [0, 0.05) is 18.7 Å². The van der Waals surface area contributed by atoms with E-state index in [1.807, 2.05) is 0 Å². The van der Waals surface area contributed by atoms with Crippen LogP contribution in [0.25, 0.3) is 11.3 Å². The van der Waals surface area contributed by atoms with Crippen molar-refractivity contribution in [3.05, 3.63) is 47.7 Å². The smallest absolute Gasteiger partial charge is 0.416 e. The lowest BCUT2D eigenvalue weighted by Crippen LogP contribution is -2.42. The Morgan fingerprint density at radius 2 is 1.81 bits per heavy atom. The maximum absolute atomic E-state index is 12.9. The largest absolute Gasteiger partial charge is 0.466 e. The van der Waals surface area contributed by atoms with Gasteiger partial charge in [0.25, 0.3) is 5.91 Å². The Bertz CT molecular complexity index is 976. The number of carbonyl (C=O) groups is 3. The molecular formula is C22H22F3NO6. The first-order valence-electron chi connectivity index (χ1n) is 10.1. The predicted octanol–water partition coefficient (Wildman–Crippen LogP) is 3.92. The van der Waals surface area contributed by atoms with Gasteiger partial charge in [-0.3, -0.25) is 9.59 Å². The molecule has 0 spiro atoms. The minimum atomic E-state index is -4.50. The minimum absolute atomic E-state index is 0.0652. The highest BCUT2D eigenvalue weighted by Crippen LogP contribution is 2.32. The number of esters is 2. The standard InChI is InChI=1S/C22H22F3NO6/c1-2-30-20(28)14-8-10-26(11-9-14)19(27)13-31-21(29)18-7-6-17(32-18)15-4-3-5-16(12-15)22(23,24)25/h3-7,12,14H,2,8-11,13H2,1H3. The molecule has 1 aromatic carbocycles. The summed E-state index contributed by atoms with van der Waals surface area (Å²) in [7, 11) is 0. The van der Waals surface area contributed by atoms with E-state index in [9.17, 15) is 27.6 Å². The second-order valence-electron chi connectivity index (χ2n) is 7.23. The zero-order chi connectivity index (χ0) is 23.3. The van der Waals surface area contributed by atoms with E-state index in [1.54, 1.807) is 6.92 Å². The molecule has 10 heteroatoms. The Kier molecular flexibility index (Phi) is 7.22. The molecule has 1 aliphatic heterocycles. The SMILES string of the molecule is CCOC(=O)C1CCN(C(=O)COC(=O)c2ccc(-c3cccc(C(F)(F)F)c3)o2)CC1. The number of piperidine rings is 1. The summed E-state index contributed by atoms with van der Waals surface area (Å²) in [6.45, 7) is 2.21. The molecule has 7 nitrogen and oxygen atoms in total. The van der Waals surface area contributed by atoms with E-state index in [0.29, 0.717) is 32.5 Å². The van der Waals surface area contributed by atoms with Crippen LogP contribution in [0.1, 0.15) is 35.9 Å². The highest BCUT2D eigenvalue weighted by molar-refractivity contribution is 5.89. The second-order valence-corrected chi connectivity index (χ2v) is 7.23. The fourth-order valence-corrected chi connectivity index (χ4v) is 3.37. The topological polar surface area (TPSA) is 86.0 Å². The van der Waals surface area contributed by atoms with Crippen molar-refractivity contribution >= 4 is 17.8 Å². The van der Waals surface area contributed by atoms with Crippen LogP contribution in [-0.2, 0) is 25.2 Å². The van der Waals surface area contributed by atoms with E-state index in [2.05, 4.69) is 0 Å². The van der Waals surface area contributed by atoms with Gasteiger partial charge in [-0.15, -0.1) is 0 Å². The number of halogens is 3. The van der Waals surface area contributed by atoms with Gasteiger partial charge in [-0.1, -0.05) is 12.1 Å². The summed E-state index contributed by atoms with van der Waals surface area (Å²) < 4.78 is 53.9. The summed E-state index contributed by atoms with van der Waals surface area (Å²) >= 11 is 0. The maximum atomic E-state index is 12.9. The van der Waals surface area contributed by atoms with Gasteiger partial charge >= 0.3 is 18.1 Å². The van der Waals surface area contributed by atoms with E-state index in [1.165, 1.54) is 29.2 Å². The molecule has 0 unspecified atom stereocenters. The summed E-state index contributed by atoms with van der Waals surface area (Å²) in [5.74, 6) is -2.01. The molecule has 0 saturated carbocycles. The lowest BCUT2D eigenvalue weighted by atomic mass is 9.97. The third-order valence-corrected chi connectivity index (χ3v) is 5.08. The molecule has 1 fully saturated rings. The van der Waals surface area contributed by atoms with Gasteiger partial charge in [-0.25, -0.2) is 4.79 Å². The highest BCUT2D eigenvalue weighted by atomic mass is 19.4. The molecule has 172 valence electrons. The molecule has 32 heavy (non-hydrogen) atoms. The van der Waals surface area contributed by atoms with Gasteiger partial charge in [0.15, 0.2) is 6.61 Å². The Hall–Kier alpha value is -3.30. The van der Waals surface area contributed by atoms with Crippen LogP contribution < -0.4 is 0 Å². The summed E-state index contributed by atoms with van der Waals surface area (Å²) in [6.07, 6.45) is -3.57. The van der Waals surface area contributed by atoms with Crippen LogP contribution in [0, 0.1) is 5.92 Å². The molecule has 0 radical (unpaired) electrons. The summed E-state index contributed by atoms with van der Waals surface area (Å²) in [5, 5.41) is 0. The summed E-state index contributed by atoms with van der Waals surface area (Å²) in [6, 6.07) is 7.14.